The molecule has 0 aromatic heterocycles. The molecule has 0 saturated carbocycles. The van der Waals surface area contributed by atoms with E-state index in [1.54, 1.807) is 0 Å². The second kappa shape index (κ2) is 9.12. The van der Waals surface area contributed by atoms with Gasteiger partial charge in [0, 0.05) is 0 Å². The van der Waals surface area contributed by atoms with Gasteiger partial charge in [-0.15, -0.1) is 6.58 Å². The van der Waals surface area contributed by atoms with Crippen molar-refractivity contribution in [3.05, 3.63) is 48.6 Å². The zero-order valence-corrected chi connectivity index (χ0v) is 11.3. The molecule has 0 aliphatic carbocycles. The highest BCUT2D eigenvalue weighted by Crippen LogP contribution is 2.17. The summed E-state index contributed by atoms with van der Waals surface area (Å²) in [5, 5.41) is 1.84. The van der Waals surface area contributed by atoms with Gasteiger partial charge in [0.05, 0.1) is 0 Å². The molecule has 0 fully saturated rings. The third-order valence-electron chi connectivity index (χ3n) is 3.13. The summed E-state index contributed by atoms with van der Waals surface area (Å²) in [6.07, 6.45) is 9.28. The molecule has 0 amide bonds. The Balaban J connectivity index is 2.22. The van der Waals surface area contributed by atoms with Crippen molar-refractivity contribution < 1.29 is 0 Å². The minimum Gasteiger partial charge on any atom is -0.103 e. The Morgan fingerprint density at radius 1 is 1.12 bits per heavy atom. The Morgan fingerprint density at radius 3 is 2.53 bits per heavy atom. The van der Waals surface area contributed by atoms with E-state index in [4.69, 9.17) is 12.2 Å². The highest BCUT2D eigenvalue weighted by molar-refractivity contribution is 7.78. The first kappa shape index (κ1) is 14.1. The van der Waals surface area contributed by atoms with E-state index >= 15 is 0 Å². The smallest absolute Gasteiger partial charge is 0.0210 e. The molecule has 0 spiro atoms. The van der Waals surface area contributed by atoms with Crippen molar-refractivity contribution >= 4 is 17.6 Å². The van der Waals surface area contributed by atoms with Crippen molar-refractivity contribution in [1.82, 2.24) is 0 Å². The van der Waals surface area contributed by atoms with E-state index in [1.165, 1.54) is 31.2 Å². The quantitative estimate of drug-likeness (QED) is 0.336. The molecule has 17 heavy (non-hydrogen) atoms. The summed E-state index contributed by atoms with van der Waals surface area (Å²) in [7, 11) is 0. The van der Waals surface area contributed by atoms with Gasteiger partial charge in [0.25, 0.3) is 0 Å². The number of unbranched alkanes of at least 4 members (excludes halogenated alkanes) is 2. The molecular weight excluding hydrogens is 224 g/mol. The lowest BCUT2D eigenvalue weighted by Crippen LogP contribution is -1.99. The second-order valence-corrected chi connectivity index (χ2v) is 4.80. The number of thiocarbonyl (C=S) groups is 1. The maximum Gasteiger partial charge on any atom is -0.0210 e. The molecule has 1 aromatic carbocycles. The first-order valence-corrected chi connectivity index (χ1v) is 6.94. The van der Waals surface area contributed by atoms with Gasteiger partial charge >= 0.3 is 0 Å². The van der Waals surface area contributed by atoms with Gasteiger partial charge in [0.15, 0.2) is 0 Å². The molecule has 1 atom stereocenters. The number of aryl methyl sites for hydroxylation is 1. The van der Waals surface area contributed by atoms with Gasteiger partial charge in [-0.25, -0.2) is 0 Å². The summed E-state index contributed by atoms with van der Waals surface area (Å²) in [6.45, 7) is 3.94. The molecule has 1 heteroatoms. The topological polar surface area (TPSA) is 0 Å². The van der Waals surface area contributed by atoms with Crippen LogP contribution < -0.4 is 0 Å². The van der Waals surface area contributed by atoms with Crippen LogP contribution >= 0.6 is 12.2 Å². The van der Waals surface area contributed by atoms with Crippen molar-refractivity contribution in [2.24, 2.45) is 5.92 Å². The van der Waals surface area contributed by atoms with Crippen LogP contribution in [-0.4, -0.2) is 5.37 Å². The van der Waals surface area contributed by atoms with Crippen LogP contribution in [0.3, 0.4) is 0 Å². The Labute approximate surface area is 111 Å². The number of allylic oxidation sites excluding steroid dienone is 1. The highest BCUT2D eigenvalue weighted by Gasteiger charge is 2.04. The Morgan fingerprint density at radius 2 is 1.88 bits per heavy atom. The first-order chi connectivity index (χ1) is 8.36. The van der Waals surface area contributed by atoms with Crippen LogP contribution in [0.15, 0.2) is 43.0 Å². The first-order valence-electron chi connectivity index (χ1n) is 6.47. The second-order valence-electron chi connectivity index (χ2n) is 4.47. The Kier molecular flexibility index (Phi) is 7.57. The lowest BCUT2D eigenvalue weighted by Gasteiger charge is -2.11. The molecule has 0 N–H and O–H groups in total. The van der Waals surface area contributed by atoms with Crippen molar-refractivity contribution in [1.29, 1.82) is 0 Å². The summed E-state index contributed by atoms with van der Waals surface area (Å²) < 4.78 is 0. The fraction of sp³-hybridized carbons (Fsp3) is 0.438. The molecule has 0 bridgehead atoms. The van der Waals surface area contributed by atoms with Crippen LogP contribution in [-0.2, 0) is 6.42 Å². The van der Waals surface area contributed by atoms with Crippen LogP contribution in [0, 0.1) is 5.92 Å². The Hall–Kier alpha value is -0.950. The minimum absolute atomic E-state index is 0.653. The van der Waals surface area contributed by atoms with E-state index in [2.05, 4.69) is 43.0 Å². The van der Waals surface area contributed by atoms with Gasteiger partial charge in [0.1, 0.15) is 0 Å². The molecule has 0 aliphatic heterocycles. The third kappa shape index (κ3) is 6.38. The lowest BCUT2D eigenvalue weighted by molar-refractivity contribution is 0.515. The van der Waals surface area contributed by atoms with E-state index in [-0.39, 0.29) is 0 Å². The molecule has 92 valence electrons. The molecule has 0 aliphatic rings. The van der Waals surface area contributed by atoms with Gasteiger partial charge in [-0.1, -0.05) is 55.0 Å². The maximum absolute atomic E-state index is 4.83. The molecule has 1 unspecified atom stereocenters. The van der Waals surface area contributed by atoms with E-state index in [0.717, 1.165) is 12.8 Å². The zero-order valence-electron chi connectivity index (χ0n) is 10.5. The lowest BCUT2D eigenvalue weighted by atomic mass is 9.94. The number of hydrogen-bond donors (Lipinski definition) is 0. The number of rotatable bonds is 9. The molecule has 0 nitrogen and oxygen atoms in total. The monoisotopic (exact) mass is 246 g/mol. The molecular formula is C16H22S. The van der Waals surface area contributed by atoms with Crippen molar-refractivity contribution in [2.45, 2.75) is 38.5 Å². The summed E-state index contributed by atoms with van der Waals surface area (Å²) in [5.74, 6) is 0.653. The molecule has 1 aromatic rings. The van der Waals surface area contributed by atoms with Gasteiger partial charge < -0.3 is 0 Å². The van der Waals surface area contributed by atoms with Gasteiger partial charge in [-0.05, 0) is 49.0 Å². The van der Waals surface area contributed by atoms with Crippen LogP contribution in [0.5, 0.6) is 0 Å². The highest BCUT2D eigenvalue weighted by atomic mass is 32.1. The normalized spacial score (nSPS) is 12.0. The summed E-state index contributed by atoms with van der Waals surface area (Å²) in [5.41, 5.74) is 1.43. The van der Waals surface area contributed by atoms with E-state index < -0.39 is 0 Å². The van der Waals surface area contributed by atoms with E-state index in [0.29, 0.717) is 5.92 Å². The van der Waals surface area contributed by atoms with E-state index in [9.17, 15) is 0 Å². The van der Waals surface area contributed by atoms with Crippen molar-refractivity contribution in [2.75, 3.05) is 0 Å². The fourth-order valence-corrected chi connectivity index (χ4v) is 2.18. The third-order valence-corrected chi connectivity index (χ3v) is 3.36. The van der Waals surface area contributed by atoms with Crippen LogP contribution in [0.4, 0.5) is 0 Å². The summed E-state index contributed by atoms with van der Waals surface area (Å²) in [4.78, 5) is 0. The standard InChI is InChI=1S/C16H22S/c1-2-15(9-7-4-8-14-17)12-13-16-10-5-3-6-11-16/h2-3,5-6,10-11,14-15H,1,4,7-9,12-13H2. The van der Waals surface area contributed by atoms with Crippen molar-refractivity contribution in [3.63, 3.8) is 0 Å². The van der Waals surface area contributed by atoms with Gasteiger partial charge in [-0.3, -0.25) is 0 Å². The number of hydrogen-bond acceptors (Lipinski definition) is 1. The van der Waals surface area contributed by atoms with Crippen LogP contribution in [0.2, 0.25) is 0 Å². The minimum atomic E-state index is 0.653. The SMILES string of the molecule is C=CC(CCCCC=S)CCc1ccccc1. The average molecular weight is 246 g/mol. The maximum atomic E-state index is 4.83. The molecule has 1 rings (SSSR count). The fourth-order valence-electron chi connectivity index (χ4n) is 2.01. The zero-order chi connectivity index (χ0) is 12.3. The predicted octanol–water partition coefficient (Wildman–Crippen LogP) is 4.98. The average Bonchev–Trinajstić information content (AvgIpc) is 2.39. The van der Waals surface area contributed by atoms with Crippen LogP contribution in [0.25, 0.3) is 0 Å². The van der Waals surface area contributed by atoms with Crippen molar-refractivity contribution in [3.8, 4) is 0 Å². The summed E-state index contributed by atoms with van der Waals surface area (Å²) in [6, 6.07) is 10.7. The number of benzene rings is 1. The van der Waals surface area contributed by atoms with Gasteiger partial charge in [0.2, 0.25) is 0 Å². The van der Waals surface area contributed by atoms with Crippen LogP contribution in [0.1, 0.15) is 37.7 Å². The van der Waals surface area contributed by atoms with E-state index in [1.807, 2.05) is 5.37 Å². The molecule has 0 heterocycles. The molecule has 0 saturated heterocycles. The van der Waals surface area contributed by atoms with Gasteiger partial charge in [-0.2, -0.15) is 0 Å². The summed E-state index contributed by atoms with van der Waals surface area (Å²) >= 11 is 4.83. The largest absolute Gasteiger partial charge is 0.103 e. The molecule has 0 radical (unpaired) electrons. The predicted molar refractivity (Wildman–Crippen MR) is 80.6 cm³/mol. The Bertz CT molecular complexity index is 316.